The van der Waals surface area contributed by atoms with Crippen LogP contribution < -0.4 is 16.0 Å². The number of piperidine rings is 1. The normalized spacial score (nSPS) is 20.0. The molecule has 2 amide bonds. The molecule has 1 heterocycles. The first-order chi connectivity index (χ1) is 12.1. The molecule has 5 heteroatoms. The van der Waals surface area contributed by atoms with Gasteiger partial charge in [-0.05, 0) is 49.1 Å². The molecule has 1 atom stereocenters. The number of anilines is 1. The van der Waals surface area contributed by atoms with Crippen LogP contribution in [-0.2, 0) is 6.42 Å². The second-order valence-corrected chi connectivity index (χ2v) is 6.68. The lowest BCUT2D eigenvalue weighted by Gasteiger charge is -2.32. The summed E-state index contributed by atoms with van der Waals surface area (Å²) in [5.74, 6) is 0. The molecule has 0 aliphatic carbocycles. The monoisotopic (exact) mass is 339 g/mol. The van der Waals surface area contributed by atoms with Gasteiger partial charge in [0.2, 0.25) is 0 Å². The molecule has 0 radical (unpaired) electrons. The van der Waals surface area contributed by atoms with Gasteiger partial charge in [-0.2, -0.15) is 0 Å². The van der Waals surface area contributed by atoms with E-state index in [4.69, 9.17) is 0 Å². The first-order valence-corrected chi connectivity index (χ1v) is 8.74. The number of carbonyl (C=O) groups is 1. The Morgan fingerprint density at radius 3 is 2.68 bits per heavy atom. The van der Waals surface area contributed by atoms with Gasteiger partial charge in [-0.15, -0.1) is 0 Å². The molecular weight excluding hydrogens is 314 g/mol. The number of aliphatic hydroxyl groups is 1. The van der Waals surface area contributed by atoms with Crippen molar-refractivity contribution in [1.82, 2.24) is 10.6 Å². The molecule has 0 aromatic heterocycles. The number of rotatable bonds is 5. The third kappa shape index (κ3) is 5.31. The van der Waals surface area contributed by atoms with Crippen molar-refractivity contribution in [3.8, 4) is 0 Å². The molecule has 1 saturated heterocycles. The zero-order chi connectivity index (χ0) is 17.5. The molecule has 0 unspecified atom stereocenters. The summed E-state index contributed by atoms with van der Waals surface area (Å²) in [5.41, 5.74) is 2.26. The van der Waals surface area contributed by atoms with Crippen LogP contribution in [0.5, 0.6) is 0 Å². The van der Waals surface area contributed by atoms with Gasteiger partial charge >= 0.3 is 6.03 Å². The third-order valence-corrected chi connectivity index (χ3v) is 4.46. The molecule has 2 aromatic carbocycles. The summed E-state index contributed by atoms with van der Waals surface area (Å²) < 4.78 is 0. The van der Waals surface area contributed by atoms with Crippen LogP contribution in [0.1, 0.15) is 24.0 Å². The van der Waals surface area contributed by atoms with E-state index in [9.17, 15) is 9.90 Å². The first kappa shape index (κ1) is 17.5. The van der Waals surface area contributed by atoms with Crippen LogP contribution in [0.3, 0.4) is 0 Å². The van der Waals surface area contributed by atoms with E-state index in [0.717, 1.165) is 30.6 Å². The van der Waals surface area contributed by atoms with Crippen molar-refractivity contribution in [2.45, 2.75) is 24.9 Å². The topological polar surface area (TPSA) is 73.4 Å². The number of β-amino-alcohol motifs (C(OH)–C–C–N with tert-alkyl or cyclic N) is 1. The smallest absolute Gasteiger partial charge is 0.319 e. The van der Waals surface area contributed by atoms with Crippen LogP contribution in [0.25, 0.3) is 0 Å². The number of benzene rings is 2. The summed E-state index contributed by atoms with van der Waals surface area (Å²) in [4.78, 5) is 12.1. The molecule has 1 aliphatic rings. The zero-order valence-electron chi connectivity index (χ0n) is 14.3. The number of hydrogen-bond donors (Lipinski definition) is 4. The number of hydrogen-bond acceptors (Lipinski definition) is 3. The van der Waals surface area contributed by atoms with Crippen LogP contribution in [0.4, 0.5) is 10.5 Å². The predicted octanol–water partition coefficient (Wildman–Crippen LogP) is 2.51. The Morgan fingerprint density at radius 1 is 1.12 bits per heavy atom. The van der Waals surface area contributed by atoms with Crippen molar-refractivity contribution < 1.29 is 9.90 Å². The van der Waals surface area contributed by atoms with Gasteiger partial charge in [-0.25, -0.2) is 4.79 Å². The maximum atomic E-state index is 12.1. The minimum atomic E-state index is -0.856. The summed E-state index contributed by atoms with van der Waals surface area (Å²) in [6.45, 7) is 1.68. The number of nitrogens with one attached hydrogen (secondary N) is 3. The Morgan fingerprint density at radius 2 is 1.92 bits per heavy atom. The average Bonchev–Trinajstić information content (AvgIpc) is 2.62. The van der Waals surface area contributed by atoms with E-state index >= 15 is 0 Å². The highest BCUT2D eigenvalue weighted by molar-refractivity contribution is 5.89. The van der Waals surface area contributed by atoms with Crippen LogP contribution in [0.15, 0.2) is 54.6 Å². The predicted molar refractivity (Wildman–Crippen MR) is 99.8 cm³/mol. The molecule has 5 nitrogen and oxygen atoms in total. The quantitative estimate of drug-likeness (QED) is 0.676. The Labute approximate surface area is 148 Å². The summed E-state index contributed by atoms with van der Waals surface area (Å²) in [5, 5.41) is 19.2. The highest BCUT2D eigenvalue weighted by atomic mass is 16.3. The SMILES string of the molecule is O=C(NC[C@]1(O)CCCNC1)Nc1cccc(Cc2ccccc2)c1. The molecule has 132 valence electrons. The van der Waals surface area contributed by atoms with Gasteiger partial charge in [0.15, 0.2) is 0 Å². The second-order valence-electron chi connectivity index (χ2n) is 6.68. The van der Waals surface area contributed by atoms with E-state index in [-0.39, 0.29) is 12.6 Å². The maximum absolute atomic E-state index is 12.1. The van der Waals surface area contributed by atoms with E-state index in [1.807, 2.05) is 42.5 Å². The lowest BCUT2D eigenvalue weighted by Crippen LogP contribution is -2.53. The molecular formula is C20H25N3O2. The fourth-order valence-corrected chi connectivity index (χ4v) is 3.11. The molecule has 2 aromatic rings. The minimum absolute atomic E-state index is 0.246. The summed E-state index contributed by atoms with van der Waals surface area (Å²) in [6, 6.07) is 17.8. The van der Waals surface area contributed by atoms with E-state index in [0.29, 0.717) is 13.0 Å². The standard InChI is InChI=1S/C20H25N3O2/c24-19(22-15-20(25)10-5-11-21-14-20)23-18-9-4-8-17(13-18)12-16-6-2-1-3-7-16/h1-4,6-9,13,21,25H,5,10-12,14-15H2,(H2,22,23,24)/t20-/m0/s1. The molecule has 3 rings (SSSR count). The van der Waals surface area contributed by atoms with Crippen molar-refractivity contribution in [1.29, 1.82) is 0 Å². The zero-order valence-corrected chi connectivity index (χ0v) is 14.3. The maximum Gasteiger partial charge on any atom is 0.319 e. The lowest BCUT2D eigenvalue weighted by atomic mass is 9.94. The number of carbonyl (C=O) groups excluding carboxylic acids is 1. The largest absolute Gasteiger partial charge is 0.387 e. The summed E-state index contributed by atoms with van der Waals surface area (Å²) in [6.07, 6.45) is 2.44. The number of urea groups is 1. The van der Waals surface area contributed by atoms with Gasteiger partial charge in [-0.1, -0.05) is 42.5 Å². The van der Waals surface area contributed by atoms with E-state index < -0.39 is 5.60 Å². The van der Waals surface area contributed by atoms with E-state index in [1.165, 1.54) is 5.56 Å². The fourth-order valence-electron chi connectivity index (χ4n) is 3.11. The Hall–Kier alpha value is -2.37. The second kappa shape index (κ2) is 8.14. The van der Waals surface area contributed by atoms with Gasteiger partial charge in [0.05, 0.1) is 5.60 Å². The van der Waals surface area contributed by atoms with E-state index in [2.05, 4.69) is 28.1 Å². The molecule has 1 aliphatic heterocycles. The van der Waals surface area contributed by atoms with Crippen LogP contribution in [0, 0.1) is 0 Å². The van der Waals surface area contributed by atoms with Gasteiger partial charge in [0, 0.05) is 18.8 Å². The van der Waals surface area contributed by atoms with Crippen molar-refractivity contribution in [2.75, 3.05) is 25.0 Å². The lowest BCUT2D eigenvalue weighted by molar-refractivity contribution is 0.0198. The highest BCUT2D eigenvalue weighted by Gasteiger charge is 2.29. The van der Waals surface area contributed by atoms with Crippen molar-refractivity contribution in [3.63, 3.8) is 0 Å². The van der Waals surface area contributed by atoms with Crippen molar-refractivity contribution in [2.24, 2.45) is 0 Å². The molecule has 0 bridgehead atoms. The van der Waals surface area contributed by atoms with Crippen LogP contribution in [-0.4, -0.2) is 36.4 Å². The molecule has 0 saturated carbocycles. The Kier molecular flexibility index (Phi) is 5.68. The molecule has 25 heavy (non-hydrogen) atoms. The molecule has 1 fully saturated rings. The van der Waals surface area contributed by atoms with Gasteiger partial charge < -0.3 is 21.1 Å². The fraction of sp³-hybridized carbons (Fsp3) is 0.350. The highest BCUT2D eigenvalue weighted by Crippen LogP contribution is 2.16. The average molecular weight is 339 g/mol. The number of amides is 2. The van der Waals surface area contributed by atoms with E-state index in [1.54, 1.807) is 0 Å². The minimum Gasteiger partial charge on any atom is -0.387 e. The van der Waals surface area contributed by atoms with Gasteiger partial charge in [0.1, 0.15) is 0 Å². The van der Waals surface area contributed by atoms with Gasteiger partial charge in [0.25, 0.3) is 0 Å². The summed E-state index contributed by atoms with van der Waals surface area (Å²) >= 11 is 0. The third-order valence-electron chi connectivity index (χ3n) is 4.46. The molecule has 4 N–H and O–H groups in total. The van der Waals surface area contributed by atoms with Crippen molar-refractivity contribution in [3.05, 3.63) is 65.7 Å². The van der Waals surface area contributed by atoms with Crippen LogP contribution >= 0.6 is 0 Å². The van der Waals surface area contributed by atoms with Crippen LogP contribution in [0.2, 0.25) is 0 Å². The van der Waals surface area contributed by atoms with Gasteiger partial charge in [-0.3, -0.25) is 0 Å². The first-order valence-electron chi connectivity index (χ1n) is 8.74. The molecule has 0 spiro atoms. The Bertz CT molecular complexity index is 697. The Balaban J connectivity index is 1.53. The van der Waals surface area contributed by atoms with Crippen molar-refractivity contribution >= 4 is 11.7 Å². The summed E-state index contributed by atoms with van der Waals surface area (Å²) in [7, 11) is 0.